The molecule has 0 fully saturated rings. The van der Waals surface area contributed by atoms with Crippen LogP contribution >= 0.6 is 0 Å². The van der Waals surface area contributed by atoms with Gasteiger partial charge in [-0.3, -0.25) is 0 Å². The average molecular weight is 307 g/mol. The van der Waals surface area contributed by atoms with Gasteiger partial charge in [-0.15, -0.1) is 5.10 Å². The molecule has 0 unspecified atom stereocenters. The summed E-state index contributed by atoms with van der Waals surface area (Å²) in [5.74, 6) is -0.371. The first-order valence-corrected chi connectivity index (χ1v) is 10.6. The molecule has 0 amide bonds. The topological polar surface area (TPSA) is 66.2 Å². The second-order valence-electron chi connectivity index (χ2n) is 6.13. The Morgan fingerprint density at radius 2 is 2.10 bits per heavy atom. The van der Waals surface area contributed by atoms with Crippen molar-refractivity contribution >= 4 is 25.1 Å². The quantitative estimate of drug-likeness (QED) is 0.466. The van der Waals surface area contributed by atoms with Crippen LogP contribution in [0, 0.1) is 0 Å². The van der Waals surface area contributed by atoms with Gasteiger partial charge in [-0.05, 0) is 24.2 Å². The van der Waals surface area contributed by atoms with Crippen molar-refractivity contribution in [3.63, 3.8) is 0 Å². The maximum absolute atomic E-state index is 11.6. The Labute approximate surface area is 125 Å². The van der Waals surface area contributed by atoms with Crippen molar-refractivity contribution in [3.8, 4) is 0 Å². The fourth-order valence-electron chi connectivity index (χ4n) is 1.83. The van der Waals surface area contributed by atoms with Gasteiger partial charge in [0.2, 0.25) is 0 Å². The minimum Gasteiger partial charge on any atom is -0.465 e. The Balaban J connectivity index is 2.08. The molecule has 6 nitrogen and oxygen atoms in total. The number of rotatable bonds is 6. The third kappa shape index (κ3) is 4.12. The van der Waals surface area contributed by atoms with Crippen LogP contribution in [0.4, 0.5) is 0 Å². The summed E-state index contributed by atoms with van der Waals surface area (Å²) in [7, 11) is 0.269. The van der Waals surface area contributed by atoms with Crippen molar-refractivity contribution in [1.29, 1.82) is 0 Å². The van der Waals surface area contributed by atoms with Gasteiger partial charge in [0.05, 0.1) is 18.2 Å². The van der Waals surface area contributed by atoms with E-state index in [1.165, 1.54) is 7.11 Å². The van der Waals surface area contributed by atoms with Gasteiger partial charge in [-0.2, -0.15) is 0 Å². The van der Waals surface area contributed by atoms with Crippen LogP contribution in [0.25, 0.3) is 11.0 Å². The highest BCUT2D eigenvalue weighted by molar-refractivity contribution is 6.76. The fraction of sp³-hybridized carbons (Fsp3) is 0.500. The van der Waals surface area contributed by atoms with E-state index in [1.54, 1.807) is 22.9 Å². The van der Waals surface area contributed by atoms with Crippen LogP contribution < -0.4 is 0 Å². The zero-order valence-corrected chi connectivity index (χ0v) is 13.9. The largest absolute Gasteiger partial charge is 0.465 e. The molecule has 0 aliphatic heterocycles. The van der Waals surface area contributed by atoms with Crippen LogP contribution in [0.3, 0.4) is 0 Å². The molecule has 2 rings (SSSR count). The minimum absolute atomic E-state index is 0.339. The van der Waals surface area contributed by atoms with Gasteiger partial charge in [-0.1, -0.05) is 24.9 Å². The van der Waals surface area contributed by atoms with Gasteiger partial charge >= 0.3 is 5.97 Å². The lowest BCUT2D eigenvalue weighted by atomic mass is 10.2. The number of ether oxygens (including phenoxy) is 2. The highest BCUT2D eigenvalue weighted by Gasteiger charge is 2.13. The highest BCUT2D eigenvalue weighted by atomic mass is 28.3. The summed E-state index contributed by atoms with van der Waals surface area (Å²) in [6.07, 6.45) is 0. The van der Waals surface area contributed by atoms with Gasteiger partial charge in [-0.25, -0.2) is 9.48 Å². The van der Waals surface area contributed by atoms with Crippen LogP contribution in [-0.2, 0) is 16.2 Å². The molecule has 2 aromatic rings. The maximum Gasteiger partial charge on any atom is 0.337 e. The van der Waals surface area contributed by atoms with E-state index in [0.717, 1.165) is 17.1 Å². The molecular weight excluding hydrogens is 286 g/mol. The number of hydrogen-bond donors (Lipinski definition) is 0. The average Bonchev–Trinajstić information content (AvgIpc) is 2.84. The molecule has 1 aromatic carbocycles. The second-order valence-corrected chi connectivity index (χ2v) is 11.8. The molecule has 0 N–H and O–H groups in total. The number of carbonyl (C=O) groups is 1. The van der Waals surface area contributed by atoms with E-state index < -0.39 is 8.07 Å². The molecule has 1 aromatic heterocycles. The summed E-state index contributed by atoms with van der Waals surface area (Å²) in [6, 6.07) is 6.27. The third-order valence-electron chi connectivity index (χ3n) is 3.14. The van der Waals surface area contributed by atoms with Gasteiger partial charge in [0.15, 0.2) is 0 Å². The number of aromatic nitrogens is 3. The lowest BCUT2D eigenvalue weighted by Crippen LogP contribution is -2.22. The number of methoxy groups -OCH3 is 1. The number of benzene rings is 1. The van der Waals surface area contributed by atoms with Crippen LogP contribution in [-0.4, -0.2) is 42.8 Å². The zero-order valence-electron chi connectivity index (χ0n) is 12.9. The predicted octanol–water partition coefficient (Wildman–Crippen LogP) is 2.53. The molecule has 21 heavy (non-hydrogen) atoms. The Morgan fingerprint density at radius 1 is 1.33 bits per heavy atom. The third-order valence-corrected chi connectivity index (χ3v) is 4.85. The van der Waals surface area contributed by atoms with Crippen molar-refractivity contribution in [3.05, 3.63) is 23.8 Å². The minimum atomic E-state index is -1.09. The van der Waals surface area contributed by atoms with E-state index in [4.69, 9.17) is 9.47 Å². The molecule has 0 atom stereocenters. The Kier molecular flexibility index (Phi) is 4.74. The summed E-state index contributed by atoms with van der Waals surface area (Å²) in [5, 5.41) is 8.12. The summed E-state index contributed by atoms with van der Waals surface area (Å²) < 4.78 is 12.0. The number of nitrogens with zero attached hydrogens (tertiary/aromatic N) is 3. The Hall–Kier alpha value is -1.73. The van der Waals surface area contributed by atoms with Crippen molar-refractivity contribution in [2.24, 2.45) is 0 Å². The fourth-order valence-corrected chi connectivity index (χ4v) is 2.59. The van der Waals surface area contributed by atoms with Gasteiger partial charge in [0.25, 0.3) is 0 Å². The smallest absolute Gasteiger partial charge is 0.337 e. The number of esters is 1. The molecule has 0 radical (unpaired) electrons. The van der Waals surface area contributed by atoms with Crippen LogP contribution in [0.15, 0.2) is 18.2 Å². The van der Waals surface area contributed by atoms with E-state index in [9.17, 15) is 4.79 Å². The number of carbonyl (C=O) groups excluding carboxylic acids is 1. The Morgan fingerprint density at radius 3 is 2.76 bits per heavy atom. The van der Waals surface area contributed by atoms with Crippen molar-refractivity contribution in [2.75, 3.05) is 13.7 Å². The monoisotopic (exact) mass is 307 g/mol. The molecular formula is C14H21N3O3Si. The summed E-state index contributed by atoms with van der Waals surface area (Å²) in [6.45, 7) is 7.98. The van der Waals surface area contributed by atoms with Crippen LogP contribution in [0.1, 0.15) is 10.4 Å². The number of fused-ring (bicyclic) bond motifs is 1. The van der Waals surface area contributed by atoms with Crippen molar-refractivity contribution < 1.29 is 14.3 Å². The summed E-state index contributed by atoms with van der Waals surface area (Å²) >= 11 is 0. The van der Waals surface area contributed by atoms with E-state index in [-0.39, 0.29) is 5.97 Å². The van der Waals surface area contributed by atoms with Gasteiger partial charge < -0.3 is 9.47 Å². The van der Waals surface area contributed by atoms with Crippen molar-refractivity contribution in [1.82, 2.24) is 15.0 Å². The lowest BCUT2D eigenvalue weighted by molar-refractivity contribution is 0.0600. The highest BCUT2D eigenvalue weighted by Crippen LogP contribution is 2.15. The van der Waals surface area contributed by atoms with E-state index in [0.29, 0.717) is 18.9 Å². The zero-order chi connectivity index (χ0) is 15.5. The molecule has 1 heterocycles. The molecule has 0 saturated heterocycles. The molecule has 0 aliphatic rings. The first kappa shape index (κ1) is 15.7. The maximum atomic E-state index is 11.6. The van der Waals surface area contributed by atoms with Crippen molar-refractivity contribution in [2.45, 2.75) is 32.4 Å². The normalized spacial score (nSPS) is 11.8. The SMILES string of the molecule is COC(=O)c1ccc2nnn(COCC[Si](C)(C)C)c2c1. The number of hydrogen-bond acceptors (Lipinski definition) is 5. The first-order valence-electron chi connectivity index (χ1n) is 6.90. The summed E-state index contributed by atoms with van der Waals surface area (Å²) in [4.78, 5) is 11.6. The van der Waals surface area contributed by atoms with E-state index in [1.807, 2.05) is 0 Å². The molecule has 114 valence electrons. The van der Waals surface area contributed by atoms with E-state index in [2.05, 4.69) is 30.0 Å². The first-order chi connectivity index (χ1) is 9.90. The molecule has 0 aliphatic carbocycles. The van der Waals surface area contributed by atoms with Gasteiger partial charge in [0.1, 0.15) is 12.2 Å². The molecule has 0 bridgehead atoms. The van der Waals surface area contributed by atoms with E-state index >= 15 is 0 Å². The summed E-state index contributed by atoms with van der Waals surface area (Å²) in [5.41, 5.74) is 1.98. The standard InChI is InChI=1S/C14H21N3O3Si/c1-19-14(18)11-5-6-12-13(9-11)17(16-15-12)10-20-7-8-21(2,3)4/h5-6,9H,7-8,10H2,1-4H3. The predicted molar refractivity (Wildman–Crippen MR) is 83.0 cm³/mol. The molecule has 0 spiro atoms. The Bertz CT molecular complexity index is 634. The second kappa shape index (κ2) is 6.36. The molecule has 0 saturated carbocycles. The molecule has 7 heteroatoms. The lowest BCUT2D eigenvalue weighted by Gasteiger charge is -2.15. The van der Waals surface area contributed by atoms with Gasteiger partial charge in [0, 0.05) is 14.7 Å². The van der Waals surface area contributed by atoms with Crippen LogP contribution in [0.2, 0.25) is 25.7 Å². The van der Waals surface area contributed by atoms with Crippen LogP contribution in [0.5, 0.6) is 0 Å².